The van der Waals surface area contributed by atoms with Crippen molar-refractivity contribution in [3.8, 4) is 0 Å². The minimum absolute atomic E-state index is 0.0282. The number of hydrogen-bond donors (Lipinski definition) is 1. The maximum atomic E-state index is 13.1. The predicted molar refractivity (Wildman–Crippen MR) is 104 cm³/mol. The summed E-state index contributed by atoms with van der Waals surface area (Å²) < 4.78 is 0. The van der Waals surface area contributed by atoms with E-state index in [-0.39, 0.29) is 17.9 Å². The molecule has 26 heavy (non-hydrogen) atoms. The zero-order valence-electron chi connectivity index (χ0n) is 16.2. The summed E-state index contributed by atoms with van der Waals surface area (Å²) in [7, 11) is 0. The molecule has 2 fully saturated rings. The smallest absolute Gasteiger partial charge is 0.245 e. The van der Waals surface area contributed by atoms with Crippen LogP contribution in [0.25, 0.3) is 0 Å². The van der Waals surface area contributed by atoms with Crippen LogP contribution in [0.3, 0.4) is 0 Å². The van der Waals surface area contributed by atoms with Crippen LogP contribution in [0.4, 0.5) is 0 Å². The van der Waals surface area contributed by atoms with E-state index in [1.165, 1.54) is 31.2 Å². The van der Waals surface area contributed by atoms with Crippen LogP contribution in [0, 0.1) is 0 Å². The fourth-order valence-corrected chi connectivity index (χ4v) is 4.22. The first-order valence-corrected chi connectivity index (χ1v) is 10.2. The van der Waals surface area contributed by atoms with Gasteiger partial charge in [-0.1, -0.05) is 56.9 Å². The molecule has 0 aromatic heterocycles. The highest BCUT2D eigenvalue weighted by atomic mass is 16.2. The average Bonchev–Trinajstić information content (AvgIpc) is 2.83. The van der Waals surface area contributed by atoms with E-state index >= 15 is 0 Å². The SMILES string of the molecule is CCc1ccc(CN2C(=O)CCC2(C)C(=O)NC2CCCCCC2)cc1. The van der Waals surface area contributed by atoms with Crippen molar-refractivity contribution in [2.75, 3.05) is 0 Å². The Morgan fingerprint density at radius 3 is 2.35 bits per heavy atom. The fraction of sp³-hybridized carbons (Fsp3) is 0.636. The molecule has 1 aromatic rings. The van der Waals surface area contributed by atoms with Crippen molar-refractivity contribution < 1.29 is 9.59 Å². The van der Waals surface area contributed by atoms with Crippen LogP contribution < -0.4 is 5.32 Å². The van der Waals surface area contributed by atoms with Gasteiger partial charge in [0.15, 0.2) is 0 Å². The number of hydrogen-bond acceptors (Lipinski definition) is 2. The van der Waals surface area contributed by atoms with E-state index in [0.717, 1.165) is 24.8 Å². The third-order valence-electron chi connectivity index (χ3n) is 6.17. The van der Waals surface area contributed by atoms with Crippen LogP contribution in [-0.4, -0.2) is 28.3 Å². The molecule has 1 aromatic carbocycles. The molecule has 1 N–H and O–H groups in total. The van der Waals surface area contributed by atoms with Gasteiger partial charge in [0.1, 0.15) is 5.54 Å². The second kappa shape index (κ2) is 8.24. The third kappa shape index (κ3) is 4.11. The molecular formula is C22H32N2O2. The Hall–Kier alpha value is -1.84. The number of nitrogens with zero attached hydrogens (tertiary/aromatic N) is 1. The molecular weight excluding hydrogens is 324 g/mol. The second-order valence-electron chi connectivity index (χ2n) is 8.09. The summed E-state index contributed by atoms with van der Waals surface area (Å²) in [5.74, 6) is 0.114. The number of nitrogens with one attached hydrogen (secondary N) is 1. The van der Waals surface area contributed by atoms with E-state index in [9.17, 15) is 9.59 Å². The van der Waals surface area contributed by atoms with Gasteiger partial charge in [-0.3, -0.25) is 9.59 Å². The van der Waals surface area contributed by atoms with E-state index < -0.39 is 5.54 Å². The van der Waals surface area contributed by atoms with E-state index in [2.05, 4.69) is 36.5 Å². The van der Waals surface area contributed by atoms with Crippen molar-refractivity contribution in [3.05, 3.63) is 35.4 Å². The van der Waals surface area contributed by atoms with E-state index in [0.29, 0.717) is 19.4 Å². The summed E-state index contributed by atoms with van der Waals surface area (Å²) in [4.78, 5) is 27.4. The molecule has 2 aliphatic rings. The van der Waals surface area contributed by atoms with Crippen molar-refractivity contribution in [2.45, 2.75) is 89.8 Å². The average molecular weight is 357 g/mol. The molecule has 4 heteroatoms. The topological polar surface area (TPSA) is 49.4 Å². The summed E-state index contributed by atoms with van der Waals surface area (Å²) >= 11 is 0. The molecule has 0 bridgehead atoms. The van der Waals surface area contributed by atoms with Gasteiger partial charge in [0, 0.05) is 19.0 Å². The standard InChI is InChI=1S/C22H32N2O2/c1-3-17-10-12-18(13-11-17)16-24-20(25)14-15-22(24,2)21(26)23-19-8-6-4-5-7-9-19/h10-13,19H,3-9,14-16H2,1-2H3,(H,23,26). The third-order valence-corrected chi connectivity index (χ3v) is 6.17. The first kappa shape index (κ1) is 18.9. The molecule has 1 unspecified atom stereocenters. The van der Waals surface area contributed by atoms with Crippen molar-refractivity contribution in [1.29, 1.82) is 0 Å². The zero-order valence-corrected chi connectivity index (χ0v) is 16.2. The van der Waals surface area contributed by atoms with E-state index in [1.807, 2.05) is 6.92 Å². The molecule has 142 valence electrons. The van der Waals surface area contributed by atoms with Gasteiger partial charge >= 0.3 is 0 Å². The summed E-state index contributed by atoms with van der Waals surface area (Å²) in [5.41, 5.74) is 1.65. The predicted octanol–water partition coefficient (Wildman–Crippen LogP) is 3.97. The number of carbonyl (C=O) groups is 2. The van der Waals surface area contributed by atoms with Crippen LogP contribution in [0.1, 0.15) is 76.3 Å². The number of benzene rings is 1. The normalized spacial score (nSPS) is 24.5. The van der Waals surface area contributed by atoms with Gasteiger partial charge in [0.05, 0.1) is 0 Å². The first-order chi connectivity index (χ1) is 12.5. The summed E-state index contributed by atoms with van der Waals surface area (Å²) in [5, 5.41) is 3.26. The molecule has 4 nitrogen and oxygen atoms in total. The molecule has 0 spiro atoms. The maximum absolute atomic E-state index is 13.1. The number of aryl methyl sites for hydroxylation is 1. The molecule has 3 rings (SSSR count). The molecule has 1 aliphatic heterocycles. The van der Waals surface area contributed by atoms with Gasteiger partial charge in [-0.15, -0.1) is 0 Å². The Labute approximate surface area is 157 Å². The van der Waals surface area contributed by atoms with Crippen molar-refractivity contribution >= 4 is 11.8 Å². The van der Waals surface area contributed by atoms with Gasteiger partial charge in [-0.25, -0.2) is 0 Å². The van der Waals surface area contributed by atoms with Crippen molar-refractivity contribution in [1.82, 2.24) is 10.2 Å². The van der Waals surface area contributed by atoms with E-state index in [1.54, 1.807) is 4.90 Å². The van der Waals surface area contributed by atoms with Gasteiger partial charge < -0.3 is 10.2 Å². The van der Waals surface area contributed by atoms with Gasteiger partial charge in [-0.05, 0) is 43.7 Å². The lowest BCUT2D eigenvalue weighted by molar-refractivity contribution is -0.141. The Bertz CT molecular complexity index is 632. The van der Waals surface area contributed by atoms with Crippen molar-refractivity contribution in [3.63, 3.8) is 0 Å². The Morgan fingerprint density at radius 1 is 1.12 bits per heavy atom. The monoisotopic (exact) mass is 356 g/mol. The highest BCUT2D eigenvalue weighted by Gasteiger charge is 2.47. The van der Waals surface area contributed by atoms with Gasteiger partial charge in [-0.2, -0.15) is 0 Å². The highest BCUT2D eigenvalue weighted by Crippen LogP contribution is 2.32. The maximum Gasteiger partial charge on any atom is 0.245 e. The Morgan fingerprint density at radius 2 is 1.73 bits per heavy atom. The number of carbonyl (C=O) groups excluding carboxylic acids is 2. The lowest BCUT2D eigenvalue weighted by Gasteiger charge is -2.35. The van der Waals surface area contributed by atoms with Crippen LogP contribution in [0.2, 0.25) is 0 Å². The molecule has 1 saturated carbocycles. The van der Waals surface area contributed by atoms with Crippen LogP contribution in [0.15, 0.2) is 24.3 Å². The second-order valence-corrected chi connectivity index (χ2v) is 8.09. The molecule has 1 saturated heterocycles. The molecule has 1 atom stereocenters. The molecule has 1 heterocycles. The molecule has 2 amide bonds. The highest BCUT2D eigenvalue weighted by molar-refractivity contribution is 5.94. The zero-order chi connectivity index (χ0) is 18.6. The number of rotatable bonds is 5. The largest absolute Gasteiger partial charge is 0.351 e. The lowest BCUT2D eigenvalue weighted by Crippen LogP contribution is -2.56. The summed E-state index contributed by atoms with van der Waals surface area (Å²) in [6.07, 6.45) is 9.11. The number of likely N-dealkylation sites (tertiary alicyclic amines) is 1. The lowest BCUT2D eigenvalue weighted by atomic mass is 9.95. The van der Waals surface area contributed by atoms with Crippen molar-refractivity contribution in [2.24, 2.45) is 0 Å². The number of amides is 2. The quantitative estimate of drug-likeness (QED) is 0.812. The Balaban J connectivity index is 1.70. The van der Waals surface area contributed by atoms with Crippen LogP contribution in [0.5, 0.6) is 0 Å². The minimum atomic E-state index is -0.729. The van der Waals surface area contributed by atoms with Gasteiger partial charge in [0.25, 0.3) is 0 Å². The summed E-state index contributed by atoms with van der Waals surface area (Å²) in [6.45, 7) is 4.58. The molecule has 1 aliphatic carbocycles. The molecule has 0 radical (unpaired) electrons. The summed E-state index contributed by atoms with van der Waals surface area (Å²) in [6, 6.07) is 8.64. The van der Waals surface area contributed by atoms with Crippen LogP contribution in [-0.2, 0) is 22.6 Å². The van der Waals surface area contributed by atoms with Crippen LogP contribution >= 0.6 is 0 Å². The Kier molecular flexibility index (Phi) is 6.00. The van der Waals surface area contributed by atoms with Gasteiger partial charge in [0.2, 0.25) is 11.8 Å². The fourth-order valence-electron chi connectivity index (χ4n) is 4.22. The first-order valence-electron chi connectivity index (χ1n) is 10.2. The van der Waals surface area contributed by atoms with E-state index in [4.69, 9.17) is 0 Å². The minimum Gasteiger partial charge on any atom is -0.351 e.